The molecule has 1 amide bonds. The van der Waals surface area contributed by atoms with Gasteiger partial charge in [0.15, 0.2) is 6.54 Å². The minimum absolute atomic E-state index is 0.143. The number of likely N-dealkylation sites (tertiary alicyclic amines) is 1. The van der Waals surface area contributed by atoms with Crippen LogP contribution < -0.4 is 10.2 Å². The summed E-state index contributed by atoms with van der Waals surface area (Å²) < 4.78 is 0. The molecule has 0 bridgehead atoms. The number of benzene rings is 1. The van der Waals surface area contributed by atoms with E-state index < -0.39 is 0 Å². The van der Waals surface area contributed by atoms with Crippen LogP contribution >= 0.6 is 0 Å². The number of anilines is 1. The molecule has 3 heteroatoms. The van der Waals surface area contributed by atoms with Crippen LogP contribution in [-0.2, 0) is 4.79 Å². The molecule has 1 aliphatic heterocycles. The van der Waals surface area contributed by atoms with Crippen molar-refractivity contribution in [3.63, 3.8) is 0 Å². The third kappa shape index (κ3) is 3.83. The Balaban J connectivity index is 1.95. The van der Waals surface area contributed by atoms with Gasteiger partial charge in [0, 0.05) is 5.69 Å². The van der Waals surface area contributed by atoms with Crippen LogP contribution in [0.1, 0.15) is 36.5 Å². The monoisotopic (exact) mass is 275 g/mol. The number of carbonyl (C=O) groups is 1. The van der Waals surface area contributed by atoms with Crippen molar-refractivity contribution in [1.29, 1.82) is 0 Å². The van der Waals surface area contributed by atoms with Gasteiger partial charge in [-0.2, -0.15) is 0 Å². The molecule has 0 aliphatic carbocycles. The second kappa shape index (κ2) is 6.40. The zero-order valence-corrected chi connectivity index (χ0v) is 13.2. The van der Waals surface area contributed by atoms with E-state index in [-0.39, 0.29) is 5.91 Å². The average Bonchev–Trinajstić information content (AvgIpc) is 2.36. The Hall–Kier alpha value is -1.35. The lowest BCUT2D eigenvalue weighted by atomic mass is 9.99. The van der Waals surface area contributed by atoms with Crippen LogP contribution in [0.2, 0.25) is 0 Å². The van der Waals surface area contributed by atoms with Gasteiger partial charge in [-0.25, -0.2) is 0 Å². The zero-order valence-electron chi connectivity index (χ0n) is 13.2. The second-order valence-corrected chi connectivity index (χ2v) is 6.43. The van der Waals surface area contributed by atoms with Gasteiger partial charge in [0.05, 0.1) is 13.1 Å². The second-order valence-electron chi connectivity index (χ2n) is 6.43. The molecule has 0 unspecified atom stereocenters. The van der Waals surface area contributed by atoms with Crippen LogP contribution in [-0.4, -0.2) is 25.5 Å². The summed E-state index contributed by atoms with van der Waals surface area (Å²) in [5.41, 5.74) is 4.54. The maximum Gasteiger partial charge on any atom is 0.279 e. The first-order valence-corrected chi connectivity index (χ1v) is 7.67. The summed E-state index contributed by atoms with van der Waals surface area (Å²) >= 11 is 0. The lowest BCUT2D eigenvalue weighted by Gasteiger charge is -2.27. The Bertz CT molecular complexity index is 465. The fourth-order valence-corrected chi connectivity index (χ4v) is 3.14. The molecule has 1 fully saturated rings. The van der Waals surface area contributed by atoms with Crippen molar-refractivity contribution in [3.05, 3.63) is 28.8 Å². The minimum Gasteiger partial charge on any atom is -0.327 e. The summed E-state index contributed by atoms with van der Waals surface area (Å²) in [5, 5.41) is 3.10. The van der Waals surface area contributed by atoms with E-state index in [2.05, 4.69) is 45.1 Å². The number of rotatable bonds is 3. The fraction of sp³-hybridized carbons (Fsp3) is 0.588. The summed E-state index contributed by atoms with van der Waals surface area (Å²) in [7, 11) is 0. The Kier molecular flexibility index (Phi) is 4.81. The van der Waals surface area contributed by atoms with Gasteiger partial charge in [-0.05, 0) is 50.7 Å². The molecule has 20 heavy (non-hydrogen) atoms. The molecule has 3 nitrogen and oxygen atoms in total. The van der Waals surface area contributed by atoms with Crippen LogP contribution in [0.3, 0.4) is 0 Å². The van der Waals surface area contributed by atoms with Crippen LogP contribution in [0.5, 0.6) is 0 Å². The van der Waals surface area contributed by atoms with Crippen molar-refractivity contribution >= 4 is 11.6 Å². The highest BCUT2D eigenvalue weighted by atomic mass is 16.2. The number of aryl methyl sites for hydroxylation is 3. The molecule has 1 saturated heterocycles. The molecule has 1 aromatic rings. The van der Waals surface area contributed by atoms with Crippen molar-refractivity contribution < 1.29 is 9.69 Å². The van der Waals surface area contributed by atoms with Gasteiger partial charge in [-0.3, -0.25) is 4.79 Å². The van der Waals surface area contributed by atoms with Crippen LogP contribution in [0.15, 0.2) is 12.1 Å². The zero-order chi connectivity index (χ0) is 14.7. The number of hydrogen-bond donors (Lipinski definition) is 2. The van der Waals surface area contributed by atoms with E-state index in [0.29, 0.717) is 6.54 Å². The van der Waals surface area contributed by atoms with Crippen LogP contribution in [0.25, 0.3) is 0 Å². The van der Waals surface area contributed by atoms with Crippen molar-refractivity contribution in [1.82, 2.24) is 0 Å². The molecular formula is C17H27N2O+. The van der Waals surface area contributed by atoms with E-state index in [9.17, 15) is 4.79 Å². The molecule has 1 heterocycles. The van der Waals surface area contributed by atoms with Gasteiger partial charge in [0.1, 0.15) is 0 Å². The lowest BCUT2D eigenvalue weighted by molar-refractivity contribution is -0.897. The molecule has 0 radical (unpaired) electrons. The Labute approximate surface area is 122 Å². The number of hydrogen-bond acceptors (Lipinski definition) is 1. The Morgan fingerprint density at radius 2 is 1.75 bits per heavy atom. The highest BCUT2D eigenvalue weighted by molar-refractivity contribution is 5.93. The summed E-state index contributed by atoms with van der Waals surface area (Å²) in [4.78, 5) is 13.6. The molecule has 1 aliphatic rings. The summed E-state index contributed by atoms with van der Waals surface area (Å²) in [6, 6.07) is 4.25. The third-order valence-corrected chi connectivity index (χ3v) is 4.33. The summed E-state index contributed by atoms with van der Waals surface area (Å²) in [6.45, 7) is 11.4. The largest absolute Gasteiger partial charge is 0.327 e. The molecular weight excluding hydrogens is 248 g/mol. The average molecular weight is 275 g/mol. The van der Waals surface area contributed by atoms with E-state index in [0.717, 1.165) is 35.8 Å². The smallest absolute Gasteiger partial charge is 0.279 e. The van der Waals surface area contributed by atoms with Crippen molar-refractivity contribution in [2.75, 3.05) is 25.0 Å². The minimum atomic E-state index is 0.143. The molecule has 110 valence electrons. The molecule has 0 atom stereocenters. The van der Waals surface area contributed by atoms with Gasteiger partial charge in [0.25, 0.3) is 5.91 Å². The highest BCUT2D eigenvalue weighted by Gasteiger charge is 2.21. The molecule has 2 N–H and O–H groups in total. The van der Waals surface area contributed by atoms with Crippen LogP contribution in [0, 0.1) is 26.7 Å². The number of nitrogens with one attached hydrogen (secondary N) is 2. The summed E-state index contributed by atoms with van der Waals surface area (Å²) in [5.74, 6) is 0.966. The fourth-order valence-electron chi connectivity index (χ4n) is 3.14. The first kappa shape index (κ1) is 15.0. The van der Waals surface area contributed by atoms with Gasteiger partial charge in [-0.15, -0.1) is 0 Å². The molecule has 0 aromatic heterocycles. The maximum atomic E-state index is 12.2. The van der Waals surface area contributed by atoms with Crippen LogP contribution in [0.4, 0.5) is 5.69 Å². The predicted octanol–water partition coefficient (Wildman–Crippen LogP) is 1.87. The van der Waals surface area contributed by atoms with Crippen molar-refractivity contribution in [2.45, 2.75) is 40.5 Å². The normalized spacial score (nSPS) is 22.6. The SMILES string of the molecule is Cc1cc(C)c(NC(=O)C[NH+]2CCC(C)CC2)c(C)c1. The molecule has 0 spiro atoms. The lowest BCUT2D eigenvalue weighted by Crippen LogP contribution is -3.14. The first-order valence-electron chi connectivity index (χ1n) is 7.67. The topological polar surface area (TPSA) is 33.5 Å². The van der Waals surface area contributed by atoms with Crippen molar-refractivity contribution in [2.24, 2.45) is 5.92 Å². The van der Waals surface area contributed by atoms with E-state index in [1.54, 1.807) is 0 Å². The molecule has 0 saturated carbocycles. The van der Waals surface area contributed by atoms with E-state index in [4.69, 9.17) is 0 Å². The van der Waals surface area contributed by atoms with Gasteiger partial charge in [-0.1, -0.05) is 24.6 Å². The summed E-state index contributed by atoms with van der Waals surface area (Å²) in [6.07, 6.45) is 2.48. The Morgan fingerprint density at radius 1 is 1.20 bits per heavy atom. The van der Waals surface area contributed by atoms with Gasteiger partial charge < -0.3 is 10.2 Å². The predicted molar refractivity (Wildman–Crippen MR) is 83.2 cm³/mol. The highest BCUT2D eigenvalue weighted by Crippen LogP contribution is 2.21. The third-order valence-electron chi connectivity index (χ3n) is 4.33. The molecule has 1 aromatic carbocycles. The van der Waals surface area contributed by atoms with Gasteiger partial charge in [0.2, 0.25) is 0 Å². The van der Waals surface area contributed by atoms with E-state index >= 15 is 0 Å². The number of amides is 1. The van der Waals surface area contributed by atoms with E-state index in [1.807, 2.05) is 0 Å². The van der Waals surface area contributed by atoms with E-state index in [1.165, 1.54) is 23.3 Å². The quantitative estimate of drug-likeness (QED) is 0.867. The Morgan fingerprint density at radius 3 is 2.30 bits per heavy atom. The maximum absolute atomic E-state index is 12.2. The van der Waals surface area contributed by atoms with Gasteiger partial charge >= 0.3 is 0 Å². The number of piperidine rings is 1. The standard InChI is InChI=1S/C17H26N2O/c1-12-5-7-19(8-6-12)11-16(20)18-17-14(3)9-13(2)10-15(17)4/h9-10,12H,5-8,11H2,1-4H3,(H,18,20)/p+1. The number of quaternary nitrogens is 1. The van der Waals surface area contributed by atoms with Crippen molar-refractivity contribution in [3.8, 4) is 0 Å². The number of carbonyl (C=O) groups excluding carboxylic acids is 1. The first-order chi connectivity index (χ1) is 9.45. The molecule has 2 rings (SSSR count).